The maximum absolute atomic E-state index is 9.26. The van der Waals surface area contributed by atoms with E-state index in [1.807, 2.05) is 30.3 Å². The molecule has 0 spiro atoms. The first kappa shape index (κ1) is 40.1. The van der Waals surface area contributed by atoms with Crippen molar-refractivity contribution in [3.63, 3.8) is 0 Å². The highest BCUT2D eigenvalue weighted by Crippen LogP contribution is 2.60. The Hall–Kier alpha value is -10.1. The minimum atomic E-state index is -3.50. The number of aromatic nitrogens is 1. The molecule has 1 aromatic heterocycles. The van der Waals surface area contributed by atoms with Gasteiger partial charge in [-0.3, -0.25) is 0 Å². The van der Waals surface area contributed by atoms with Gasteiger partial charge in [0.1, 0.15) is 0 Å². The standard InChI is InChI=1S/C81H59NSi/c1-3-28-76(83(63-37-18-8-19-38-63,64-39-20-9-21-40-64)65-52-61(56-29-10-4-11-30-56)51-62(53-65)57-31-12-5-13-32-57)78-55(2)77-69-42-22-23-43-70(69)81(78)80-71(77)46-27-48-75(80)82-73-47-25-24-41-68(73)72-54-60(49-50-74(72)82)79-66(58-33-14-6-15-34-58)44-26-45-67(79)59-35-16-7-17-36-59/h3-54,77,81H,1H2,2H3/b76-28+/i6D,7D,14D,15D,16D,17D,33D,34D,35D,36D. The first-order chi connectivity index (χ1) is 45.2. The normalized spacial score (nSPS) is 16.3. The van der Waals surface area contributed by atoms with Crippen molar-refractivity contribution in [2.45, 2.75) is 18.8 Å². The van der Waals surface area contributed by atoms with Gasteiger partial charge >= 0.3 is 0 Å². The molecule has 1 heterocycles. The lowest BCUT2D eigenvalue weighted by atomic mass is 9.60. The van der Waals surface area contributed by atoms with E-state index in [-0.39, 0.29) is 34.1 Å². The van der Waals surface area contributed by atoms with Crippen molar-refractivity contribution in [2.75, 3.05) is 0 Å². The number of rotatable bonds is 12. The zero-order valence-electron chi connectivity index (χ0n) is 55.6. The molecule has 1 nitrogen and oxygen atoms in total. The molecule has 2 heteroatoms. The van der Waals surface area contributed by atoms with E-state index < -0.39 is 68.5 Å². The third-order valence-corrected chi connectivity index (χ3v) is 22.1. The average Bonchev–Trinajstić information content (AvgIpc) is 1.28. The Morgan fingerprint density at radius 3 is 1.52 bits per heavy atom. The Morgan fingerprint density at radius 1 is 0.422 bits per heavy atom. The summed E-state index contributed by atoms with van der Waals surface area (Å²) in [5, 5.41) is 6.70. The number of hydrogen-bond donors (Lipinski definition) is 0. The van der Waals surface area contributed by atoms with Crippen LogP contribution in [0.3, 0.4) is 0 Å². The van der Waals surface area contributed by atoms with Crippen LogP contribution in [0, 0.1) is 0 Å². The Morgan fingerprint density at radius 2 is 0.928 bits per heavy atom. The minimum Gasteiger partial charge on any atom is -0.309 e. The van der Waals surface area contributed by atoms with Gasteiger partial charge in [-0.05, 0) is 141 Å². The SMILES string of the molecule is [2H]c1c([2H])c([2H])c(-c2cccc(-c3c([2H])c([2H])c([2H])c([2H])c3[2H])c2-c2ccc3c(c2)c2ccccc2n3-c2cccc3c2C2C(/C(=C\C=C)[Si](c4ccccc4)(c4ccccc4)c4cc(-c5ccccc5)cc(-c5ccccc5)c4)=C(C)C3c3ccccc32)c([2H])c1[2H]. The monoisotopic (exact) mass is 1080 g/mol. The van der Waals surface area contributed by atoms with Gasteiger partial charge in [-0.1, -0.05) is 297 Å². The largest absolute Gasteiger partial charge is 0.309 e. The molecule has 2 atom stereocenters. The summed E-state index contributed by atoms with van der Waals surface area (Å²) in [6.45, 7) is 6.92. The molecule has 0 radical (unpaired) electrons. The van der Waals surface area contributed by atoms with Crippen LogP contribution in [0.2, 0.25) is 0 Å². The second kappa shape index (κ2) is 20.8. The van der Waals surface area contributed by atoms with Gasteiger partial charge in [-0.25, -0.2) is 0 Å². The fraction of sp³-hybridized carbons (Fsp3) is 0.0370. The molecule has 12 aromatic carbocycles. The molecular weight excluding hydrogens is 1010 g/mol. The zero-order valence-corrected chi connectivity index (χ0v) is 46.6. The van der Waals surface area contributed by atoms with Crippen LogP contribution in [0.15, 0.2) is 338 Å². The van der Waals surface area contributed by atoms with E-state index in [0.717, 1.165) is 49.7 Å². The highest BCUT2D eigenvalue weighted by atomic mass is 28.3. The number of hydrogen-bond acceptors (Lipinski definition) is 0. The fourth-order valence-corrected chi connectivity index (χ4v) is 19.1. The van der Waals surface area contributed by atoms with Crippen LogP contribution in [0.25, 0.3) is 83.1 Å². The zero-order chi connectivity index (χ0) is 64.1. The average molecular weight is 1080 g/mol. The van der Waals surface area contributed by atoms with Crippen LogP contribution in [0.5, 0.6) is 0 Å². The first-order valence-electron chi connectivity index (χ1n) is 33.2. The van der Waals surface area contributed by atoms with Gasteiger partial charge in [0.25, 0.3) is 0 Å². The van der Waals surface area contributed by atoms with Crippen molar-refractivity contribution in [1.29, 1.82) is 0 Å². The molecule has 83 heavy (non-hydrogen) atoms. The van der Waals surface area contributed by atoms with Crippen molar-refractivity contribution >= 4 is 45.4 Å². The smallest absolute Gasteiger partial charge is 0.179 e. The van der Waals surface area contributed by atoms with Crippen molar-refractivity contribution in [3.05, 3.63) is 360 Å². The topological polar surface area (TPSA) is 4.93 Å². The molecule has 392 valence electrons. The van der Waals surface area contributed by atoms with Crippen LogP contribution in [-0.2, 0) is 0 Å². The molecule has 3 aliphatic rings. The molecule has 2 unspecified atom stereocenters. The number of para-hydroxylation sites is 1. The minimum absolute atomic E-state index is 0.0739. The van der Waals surface area contributed by atoms with Gasteiger partial charge in [0.15, 0.2) is 8.07 Å². The van der Waals surface area contributed by atoms with Crippen molar-refractivity contribution < 1.29 is 13.7 Å². The maximum Gasteiger partial charge on any atom is 0.179 e. The summed E-state index contributed by atoms with van der Waals surface area (Å²) in [7, 11) is -3.50. The summed E-state index contributed by atoms with van der Waals surface area (Å²) in [6.07, 6.45) is 4.32. The van der Waals surface area contributed by atoms with E-state index in [9.17, 15) is 5.48 Å². The van der Waals surface area contributed by atoms with Crippen LogP contribution in [-0.4, -0.2) is 12.6 Å². The predicted molar refractivity (Wildman–Crippen MR) is 353 cm³/mol. The molecule has 0 saturated carbocycles. The molecule has 13 aromatic rings. The van der Waals surface area contributed by atoms with E-state index in [2.05, 4.69) is 224 Å². The third-order valence-electron chi connectivity index (χ3n) is 17.3. The second-order valence-electron chi connectivity index (χ2n) is 21.5. The van der Waals surface area contributed by atoms with Gasteiger partial charge in [0.05, 0.1) is 30.4 Å². The molecule has 2 bridgehead atoms. The van der Waals surface area contributed by atoms with Gasteiger partial charge < -0.3 is 4.57 Å². The Bertz CT molecular complexity index is 5070. The molecule has 3 aliphatic carbocycles. The summed E-state index contributed by atoms with van der Waals surface area (Å²) >= 11 is 0. The lowest BCUT2D eigenvalue weighted by molar-refractivity contribution is 0.734. The van der Waals surface area contributed by atoms with E-state index >= 15 is 0 Å². The second-order valence-corrected chi connectivity index (χ2v) is 25.3. The quantitative estimate of drug-likeness (QED) is 0.0653. The Balaban J connectivity index is 1.00. The summed E-state index contributed by atoms with van der Waals surface area (Å²) < 4.78 is 91.6. The molecule has 0 aliphatic heterocycles. The van der Waals surface area contributed by atoms with E-state index in [1.54, 1.807) is 18.2 Å². The van der Waals surface area contributed by atoms with Gasteiger partial charge in [-0.2, -0.15) is 0 Å². The predicted octanol–water partition coefficient (Wildman–Crippen LogP) is 18.8. The summed E-state index contributed by atoms with van der Waals surface area (Å²) in [5.74, 6) is -0.413. The third kappa shape index (κ3) is 8.12. The fourth-order valence-electron chi connectivity index (χ4n) is 14.0. The summed E-state index contributed by atoms with van der Waals surface area (Å²) in [5.41, 5.74) is 16.0. The molecular formula is C81H59NSi. The lowest BCUT2D eigenvalue weighted by Crippen LogP contribution is -2.69. The molecule has 0 amide bonds. The van der Waals surface area contributed by atoms with Crippen LogP contribution in [0.4, 0.5) is 0 Å². The van der Waals surface area contributed by atoms with E-state index in [0.29, 0.717) is 11.1 Å². The van der Waals surface area contributed by atoms with E-state index in [1.165, 1.54) is 54.2 Å². The van der Waals surface area contributed by atoms with Crippen LogP contribution in [0.1, 0.15) is 54.7 Å². The summed E-state index contributed by atoms with van der Waals surface area (Å²) in [4.78, 5) is 0. The molecule has 0 saturated heterocycles. The first-order valence-corrected chi connectivity index (χ1v) is 30.2. The maximum atomic E-state index is 9.26. The molecule has 16 rings (SSSR count). The van der Waals surface area contributed by atoms with Crippen LogP contribution >= 0.6 is 0 Å². The molecule has 0 fully saturated rings. The number of nitrogens with zero attached hydrogens (tertiary/aromatic N) is 1. The highest BCUT2D eigenvalue weighted by molar-refractivity contribution is 7.16. The van der Waals surface area contributed by atoms with E-state index in [4.69, 9.17) is 8.22 Å². The van der Waals surface area contributed by atoms with Gasteiger partial charge in [0.2, 0.25) is 0 Å². The number of fused-ring (bicyclic) bond motifs is 3. The number of allylic oxidation sites excluding steroid dienone is 5. The highest BCUT2D eigenvalue weighted by Gasteiger charge is 2.51. The van der Waals surface area contributed by atoms with Crippen molar-refractivity contribution in [1.82, 2.24) is 4.57 Å². The molecule has 0 N–H and O–H groups in total. The summed E-state index contributed by atoms with van der Waals surface area (Å²) in [6, 6.07) is 81.0. The van der Waals surface area contributed by atoms with Crippen molar-refractivity contribution in [3.8, 4) is 61.3 Å². The lowest BCUT2D eigenvalue weighted by Gasteiger charge is -2.48. The van der Waals surface area contributed by atoms with Crippen LogP contribution < -0.4 is 15.6 Å². The Labute approximate surface area is 501 Å². The number of benzene rings is 12. The van der Waals surface area contributed by atoms with Crippen molar-refractivity contribution in [2.24, 2.45) is 0 Å². The van der Waals surface area contributed by atoms with Gasteiger partial charge in [-0.15, -0.1) is 0 Å². The Kier molecular flexibility index (Phi) is 10.0. The van der Waals surface area contributed by atoms with Gasteiger partial charge in [0, 0.05) is 22.6 Å².